The summed E-state index contributed by atoms with van der Waals surface area (Å²) >= 11 is 0. The van der Waals surface area contributed by atoms with Crippen molar-refractivity contribution in [1.29, 1.82) is 0 Å². The highest BCUT2D eigenvalue weighted by atomic mass is 14.9. The lowest BCUT2D eigenvalue weighted by Crippen LogP contribution is -2.26. The van der Waals surface area contributed by atoms with Crippen LogP contribution in [-0.4, -0.2) is 15.0 Å². The normalized spacial score (nSPS) is 14.9. The molecule has 3 nitrogen and oxygen atoms in total. The fourth-order valence-corrected chi connectivity index (χ4v) is 8.90. The Bertz CT molecular complexity index is 2820. The maximum absolute atomic E-state index is 5.39. The van der Waals surface area contributed by atoms with Gasteiger partial charge in [0.2, 0.25) is 0 Å². The molecular formula is C50H31N3. The molecule has 53 heavy (non-hydrogen) atoms. The van der Waals surface area contributed by atoms with Gasteiger partial charge in [0.05, 0.1) is 28.0 Å². The fraction of sp³-hybridized carbons (Fsp3) is 0.0200. The number of rotatable bonds is 4. The van der Waals surface area contributed by atoms with Crippen molar-refractivity contribution in [3.63, 3.8) is 0 Å². The van der Waals surface area contributed by atoms with Crippen LogP contribution >= 0.6 is 0 Å². The molecule has 0 saturated carbocycles. The summed E-state index contributed by atoms with van der Waals surface area (Å²) in [6.07, 6.45) is 0. The van der Waals surface area contributed by atoms with Crippen LogP contribution in [0.5, 0.6) is 0 Å². The first-order valence-corrected chi connectivity index (χ1v) is 18.1. The molecule has 0 amide bonds. The van der Waals surface area contributed by atoms with E-state index in [2.05, 4.69) is 164 Å². The van der Waals surface area contributed by atoms with Crippen LogP contribution in [0.3, 0.4) is 0 Å². The molecule has 2 aliphatic carbocycles. The summed E-state index contributed by atoms with van der Waals surface area (Å²) in [6, 6.07) is 67.1. The van der Waals surface area contributed by atoms with Crippen molar-refractivity contribution in [2.24, 2.45) is 0 Å². The Morgan fingerprint density at radius 2 is 0.906 bits per heavy atom. The van der Waals surface area contributed by atoms with Gasteiger partial charge in [-0.2, -0.15) is 0 Å². The van der Waals surface area contributed by atoms with Gasteiger partial charge < -0.3 is 0 Å². The Morgan fingerprint density at radius 3 is 1.64 bits per heavy atom. The maximum atomic E-state index is 5.39. The van der Waals surface area contributed by atoms with E-state index in [1.165, 1.54) is 49.9 Å². The van der Waals surface area contributed by atoms with Crippen LogP contribution in [0, 0.1) is 0 Å². The van der Waals surface area contributed by atoms with Gasteiger partial charge in [-0.25, -0.2) is 15.0 Å². The molecule has 0 saturated heterocycles. The van der Waals surface area contributed by atoms with E-state index in [1.807, 2.05) is 24.3 Å². The zero-order valence-electron chi connectivity index (χ0n) is 28.7. The second kappa shape index (κ2) is 11.5. The molecular weight excluding hydrogens is 643 g/mol. The molecule has 0 aliphatic heterocycles. The molecule has 3 heteroatoms. The second-order valence-corrected chi connectivity index (χ2v) is 13.9. The van der Waals surface area contributed by atoms with Gasteiger partial charge in [0.25, 0.3) is 0 Å². The first-order valence-electron chi connectivity index (χ1n) is 18.1. The van der Waals surface area contributed by atoms with Crippen molar-refractivity contribution in [1.82, 2.24) is 15.0 Å². The van der Waals surface area contributed by atoms with Gasteiger partial charge in [-0.15, -0.1) is 0 Å². The lowest BCUT2D eigenvalue weighted by atomic mass is 9.69. The maximum Gasteiger partial charge on any atom is 0.160 e. The molecule has 0 bridgehead atoms. The third kappa shape index (κ3) is 4.31. The third-order valence-corrected chi connectivity index (χ3v) is 11.1. The smallest absolute Gasteiger partial charge is 0.160 e. The summed E-state index contributed by atoms with van der Waals surface area (Å²) in [5, 5.41) is 1.18. The van der Waals surface area contributed by atoms with Crippen LogP contribution in [0.4, 0.5) is 0 Å². The van der Waals surface area contributed by atoms with E-state index in [1.54, 1.807) is 0 Å². The third-order valence-electron chi connectivity index (χ3n) is 11.1. The molecule has 0 fully saturated rings. The van der Waals surface area contributed by atoms with Crippen LogP contribution in [0.1, 0.15) is 22.3 Å². The van der Waals surface area contributed by atoms with E-state index in [0.29, 0.717) is 5.82 Å². The monoisotopic (exact) mass is 673 g/mol. The van der Waals surface area contributed by atoms with Crippen LogP contribution in [0.25, 0.3) is 78.3 Å². The van der Waals surface area contributed by atoms with E-state index >= 15 is 0 Å². The summed E-state index contributed by atoms with van der Waals surface area (Å²) in [4.78, 5) is 15.7. The van der Waals surface area contributed by atoms with Crippen molar-refractivity contribution >= 4 is 10.9 Å². The van der Waals surface area contributed by atoms with E-state index in [-0.39, 0.29) is 0 Å². The minimum absolute atomic E-state index is 0.529. The Hall–Kier alpha value is -6.97. The average molecular weight is 674 g/mol. The SMILES string of the molecule is c1ccc(-c2cc(-c3ccc4c(c3)-c3ccccc3C43c4ccccc4-c4c(-c5ccccc5)nc5ccccc5c43)nc(-c3ccccc3)n2)cc1. The van der Waals surface area contributed by atoms with Gasteiger partial charge in [-0.1, -0.05) is 170 Å². The fourth-order valence-electron chi connectivity index (χ4n) is 8.90. The standard InChI is InChI=1S/C50H31N3/c1-4-16-32(17-5-1)44-31-45(53-49(52-44)34-20-8-3-9-21-34)35-28-29-42-39(30-35)36-22-10-13-25-40(36)50(42)41-26-14-11-23-37(41)46-47(50)38-24-12-15-27-43(38)51-48(46)33-18-6-2-7-19-33/h1-31H. The Kier molecular flexibility index (Phi) is 6.47. The number of hydrogen-bond donors (Lipinski definition) is 0. The molecule has 11 rings (SSSR count). The summed E-state index contributed by atoms with van der Waals surface area (Å²) < 4.78 is 0. The average Bonchev–Trinajstić information content (AvgIpc) is 3.72. The topological polar surface area (TPSA) is 38.7 Å². The Morgan fingerprint density at radius 1 is 0.358 bits per heavy atom. The minimum Gasteiger partial charge on any atom is -0.247 e. The number of hydrogen-bond acceptors (Lipinski definition) is 3. The van der Waals surface area contributed by atoms with Gasteiger partial charge in [-0.3, -0.25) is 0 Å². The summed E-state index contributed by atoms with van der Waals surface area (Å²) in [6.45, 7) is 0. The molecule has 7 aromatic carbocycles. The van der Waals surface area contributed by atoms with Gasteiger partial charge in [0.15, 0.2) is 5.82 Å². The van der Waals surface area contributed by atoms with Crippen molar-refractivity contribution < 1.29 is 0 Å². The first kappa shape index (κ1) is 29.7. The van der Waals surface area contributed by atoms with Crippen molar-refractivity contribution in [2.45, 2.75) is 5.41 Å². The molecule has 2 aromatic heterocycles. The molecule has 246 valence electrons. The zero-order chi connectivity index (χ0) is 34.9. The van der Waals surface area contributed by atoms with Gasteiger partial charge >= 0.3 is 0 Å². The zero-order valence-corrected chi connectivity index (χ0v) is 28.7. The summed E-state index contributed by atoms with van der Waals surface area (Å²) in [5.41, 5.74) is 17.6. The quantitative estimate of drug-likeness (QED) is 0.187. The second-order valence-electron chi connectivity index (χ2n) is 13.9. The molecule has 2 aliphatic rings. The summed E-state index contributed by atoms with van der Waals surface area (Å²) in [5.74, 6) is 0.713. The Labute approximate surface area is 308 Å². The van der Waals surface area contributed by atoms with Gasteiger partial charge in [0.1, 0.15) is 0 Å². The summed E-state index contributed by atoms with van der Waals surface area (Å²) in [7, 11) is 0. The number of benzene rings is 7. The molecule has 9 aromatic rings. The highest BCUT2D eigenvalue weighted by Gasteiger charge is 2.53. The number of aromatic nitrogens is 3. The van der Waals surface area contributed by atoms with Crippen molar-refractivity contribution in [3.8, 4) is 67.4 Å². The molecule has 0 N–H and O–H groups in total. The Balaban J connectivity index is 1.21. The lowest BCUT2D eigenvalue weighted by Gasteiger charge is -2.31. The number of nitrogens with zero attached hydrogens (tertiary/aromatic N) is 3. The van der Waals surface area contributed by atoms with E-state index < -0.39 is 5.41 Å². The van der Waals surface area contributed by atoms with Crippen LogP contribution in [0.15, 0.2) is 188 Å². The minimum atomic E-state index is -0.529. The largest absolute Gasteiger partial charge is 0.247 e. The molecule has 2 heterocycles. The number of fused-ring (bicyclic) bond motifs is 12. The molecule has 1 spiro atoms. The van der Waals surface area contributed by atoms with E-state index in [0.717, 1.165) is 44.9 Å². The molecule has 0 radical (unpaired) electrons. The van der Waals surface area contributed by atoms with Crippen LogP contribution in [-0.2, 0) is 5.41 Å². The predicted octanol–water partition coefficient (Wildman–Crippen LogP) is 12.0. The van der Waals surface area contributed by atoms with E-state index in [4.69, 9.17) is 15.0 Å². The molecule has 1 atom stereocenters. The highest BCUT2D eigenvalue weighted by molar-refractivity contribution is 6.06. The lowest BCUT2D eigenvalue weighted by molar-refractivity contribution is 0.801. The number of para-hydroxylation sites is 1. The van der Waals surface area contributed by atoms with E-state index in [9.17, 15) is 0 Å². The highest BCUT2D eigenvalue weighted by Crippen LogP contribution is 2.65. The van der Waals surface area contributed by atoms with Crippen molar-refractivity contribution in [3.05, 3.63) is 210 Å². The van der Waals surface area contributed by atoms with Crippen LogP contribution in [0.2, 0.25) is 0 Å². The first-order chi connectivity index (χ1) is 26.3. The predicted molar refractivity (Wildman–Crippen MR) is 215 cm³/mol. The van der Waals surface area contributed by atoms with Crippen LogP contribution < -0.4 is 0 Å². The number of pyridine rings is 1. The van der Waals surface area contributed by atoms with Crippen molar-refractivity contribution in [2.75, 3.05) is 0 Å². The van der Waals surface area contributed by atoms with Gasteiger partial charge in [0, 0.05) is 33.2 Å². The molecule has 1 unspecified atom stereocenters. The van der Waals surface area contributed by atoms with Gasteiger partial charge in [-0.05, 0) is 57.1 Å².